The molecule has 1 aromatic rings. The van der Waals surface area contributed by atoms with Crippen molar-refractivity contribution in [3.8, 4) is 0 Å². The van der Waals surface area contributed by atoms with E-state index in [9.17, 15) is 0 Å². The van der Waals surface area contributed by atoms with Crippen LogP contribution in [0.1, 0.15) is 43.2 Å². The van der Waals surface area contributed by atoms with Crippen LogP contribution in [-0.4, -0.2) is 12.7 Å². The molecule has 1 fully saturated rings. The molecule has 2 N–H and O–H groups in total. The van der Waals surface area contributed by atoms with Crippen molar-refractivity contribution < 1.29 is 9.15 Å². The molecule has 0 saturated carbocycles. The van der Waals surface area contributed by atoms with Gasteiger partial charge in [-0.05, 0) is 44.7 Å². The predicted molar refractivity (Wildman–Crippen MR) is 58.6 cm³/mol. The molecule has 2 heterocycles. The third-order valence-electron chi connectivity index (χ3n) is 2.95. The van der Waals surface area contributed by atoms with Gasteiger partial charge in [-0.25, -0.2) is 0 Å². The Morgan fingerprint density at radius 3 is 3.00 bits per heavy atom. The largest absolute Gasteiger partial charge is 0.465 e. The van der Waals surface area contributed by atoms with E-state index in [1.165, 1.54) is 12.8 Å². The summed E-state index contributed by atoms with van der Waals surface area (Å²) in [5.41, 5.74) is 6.04. The molecule has 1 aromatic heterocycles. The first-order chi connectivity index (χ1) is 7.25. The molecule has 2 atom stereocenters. The second-order valence-electron chi connectivity index (χ2n) is 4.27. The third-order valence-corrected chi connectivity index (χ3v) is 2.95. The van der Waals surface area contributed by atoms with E-state index in [0.717, 1.165) is 31.0 Å². The van der Waals surface area contributed by atoms with Gasteiger partial charge in [-0.2, -0.15) is 0 Å². The summed E-state index contributed by atoms with van der Waals surface area (Å²) in [6.07, 6.45) is 4.79. The maximum atomic E-state index is 6.04. The van der Waals surface area contributed by atoms with Crippen LogP contribution in [0.5, 0.6) is 0 Å². The second-order valence-corrected chi connectivity index (χ2v) is 4.27. The van der Waals surface area contributed by atoms with Crippen molar-refractivity contribution in [2.24, 2.45) is 5.73 Å². The molecule has 0 aliphatic carbocycles. The molecule has 0 spiro atoms. The van der Waals surface area contributed by atoms with Crippen LogP contribution in [0.2, 0.25) is 0 Å². The topological polar surface area (TPSA) is 48.4 Å². The van der Waals surface area contributed by atoms with E-state index in [0.29, 0.717) is 6.10 Å². The summed E-state index contributed by atoms with van der Waals surface area (Å²) >= 11 is 0. The van der Waals surface area contributed by atoms with Crippen LogP contribution >= 0.6 is 0 Å². The molecule has 2 unspecified atom stereocenters. The molecular weight excluding hydrogens is 190 g/mol. The van der Waals surface area contributed by atoms with Crippen LogP contribution in [0.3, 0.4) is 0 Å². The highest BCUT2D eigenvalue weighted by Gasteiger charge is 2.18. The summed E-state index contributed by atoms with van der Waals surface area (Å²) in [6, 6.07) is 3.94. The molecule has 0 aromatic carbocycles. The highest BCUT2D eigenvalue weighted by molar-refractivity contribution is 5.09. The van der Waals surface area contributed by atoms with Crippen molar-refractivity contribution in [1.29, 1.82) is 0 Å². The van der Waals surface area contributed by atoms with Gasteiger partial charge in [0, 0.05) is 6.61 Å². The molecular formula is C12H19NO2. The molecule has 0 radical (unpaired) electrons. The Morgan fingerprint density at radius 1 is 1.53 bits per heavy atom. The highest BCUT2D eigenvalue weighted by atomic mass is 16.5. The summed E-state index contributed by atoms with van der Waals surface area (Å²) in [4.78, 5) is 0. The first-order valence-electron chi connectivity index (χ1n) is 5.69. The van der Waals surface area contributed by atoms with Crippen molar-refractivity contribution in [3.05, 3.63) is 23.7 Å². The molecule has 84 valence electrons. The fourth-order valence-electron chi connectivity index (χ4n) is 2.03. The Labute approximate surface area is 90.6 Å². The lowest BCUT2D eigenvalue weighted by molar-refractivity contribution is 0.100. The lowest BCUT2D eigenvalue weighted by Gasteiger charge is -2.12. The van der Waals surface area contributed by atoms with Crippen molar-refractivity contribution in [3.63, 3.8) is 0 Å². The van der Waals surface area contributed by atoms with Crippen LogP contribution < -0.4 is 5.73 Å². The number of rotatable bonds is 4. The molecule has 2 rings (SSSR count). The van der Waals surface area contributed by atoms with Gasteiger partial charge >= 0.3 is 0 Å². The predicted octanol–water partition coefficient (Wildman–Crippen LogP) is 2.55. The lowest BCUT2D eigenvalue weighted by atomic mass is 10.1. The minimum absolute atomic E-state index is 0.0166. The number of aryl methyl sites for hydroxylation is 1. The van der Waals surface area contributed by atoms with Gasteiger partial charge in [0.05, 0.1) is 12.1 Å². The van der Waals surface area contributed by atoms with Crippen LogP contribution in [0.25, 0.3) is 0 Å². The third kappa shape index (κ3) is 2.83. The highest BCUT2D eigenvalue weighted by Crippen LogP contribution is 2.23. The van der Waals surface area contributed by atoms with Gasteiger partial charge in [0.15, 0.2) is 0 Å². The minimum atomic E-state index is 0.0166. The summed E-state index contributed by atoms with van der Waals surface area (Å²) in [7, 11) is 0. The zero-order valence-electron chi connectivity index (χ0n) is 9.24. The Balaban J connectivity index is 1.79. The minimum Gasteiger partial charge on any atom is -0.465 e. The summed E-state index contributed by atoms with van der Waals surface area (Å²) in [5, 5.41) is 0. The molecule has 1 aliphatic heterocycles. The Kier molecular flexibility index (Phi) is 3.44. The number of hydrogen-bond acceptors (Lipinski definition) is 3. The van der Waals surface area contributed by atoms with Crippen LogP contribution in [0, 0.1) is 6.92 Å². The van der Waals surface area contributed by atoms with E-state index >= 15 is 0 Å². The lowest BCUT2D eigenvalue weighted by Crippen LogP contribution is -2.13. The molecule has 0 amide bonds. The SMILES string of the molecule is Cc1ccc(C(N)CCC2CCCO2)o1. The molecule has 1 saturated heterocycles. The Bertz CT molecular complexity index is 302. The number of ether oxygens (including phenoxy) is 1. The number of furan rings is 1. The van der Waals surface area contributed by atoms with Gasteiger partial charge in [-0.1, -0.05) is 0 Å². The first-order valence-corrected chi connectivity index (χ1v) is 5.69. The number of nitrogens with two attached hydrogens (primary N) is 1. The monoisotopic (exact) mass is 209 g/mol. The van der Waals surface area contributed by atoms with E-state index in [1.807, 2.05) is 19.1 Å². The van der Waals surface area contributed by atoms with Gasteiger partial charge < -0.3 is 14.9 Å². The van der Waals surface area contributed by atoms with Crippen molar-refractivity contribution in [1.82, 2.24) is 0 Å². The van der Waals surface area contributed by atoms with Crippen molar-refractivity contribution >= 4 is 0 Å². The van der Waals surface area contributed by atoms with E-state index < -0.39 is 0 Å². The van der Waals surface area contributed by atoms with Crippen LogP contribution in [-0.2, 0) is 4.74 Å². The Morgan fingerprint density at radius 2 is 2.40 bits per heavy atom. The van der Waals surface area contributed by atoms with E-state index in [2.05, 4.69) is 0 Å². The van der Waals surface area contributed by atoms with Gasteiger partial charge in [-0.3, -0.25) is 0 Å². The molecule has 3 heteroatoms. The maximum absolute atomic E-state index is 6.04. The summed E-state index contributed by atoms with van der Waals surface area (Å²) < 4.78 is 11.1. The van der Waals surface area contributed by atoms with Crippen LogP contribution in [0.4, 0.5) is 0 Å². The van der Waals surface area contributed by atoms with E-state index in [-0.39, 0.29) is 6.04 Å². The quantitative estimate of drug-likeness (QED) is 0.829. The van der Waals surface area contributed by atoms with Crippen molar-refractivity contribution in [2.45, 2.75) is 44.8 Å². The molecule has 0 bridgehead atoms. The van der Waals surface area contributed by atoms with E-state index in [1.54, 1.807) is 0 Å². The fourth-order valence-corrected chi connectivity index (χ4v) is 2.03. The average molecular weight is 209 g/mol. The summed E-state index contributed by atoms with van der Waals surface area (Å²) in [6.45, 7) is 2.86. The van der Waals surface area contributed by atoms with Gasteiger partial charge in [0.25, 0.3) is 0 Å². The van der Waals surface area contributed by atoms with Crippen molar-refractivity contribution in [2.75, 3.05) is 6.61 Å². The zero-order chi connectivity index (χ0) is 10.7. The second kappa shape index (κ2) is 4.81. The zero-order valence-corrected chi connectivity index (χ0v) is 9.24. The molecule has 3 nitrogen and oxygen atoms in total. The van der Waals surface area contributed by atoms with Gasteiger partial charge in [0.2, 0.25) is 0 Å². The molecule has 1 aliphatic rings. The van der Waals surface area contributed by atoms with Crippen LogP contribution in [0.15, 0.2) is 16.5 Å². The number of hydrogen-bond donors (Lipinski definition) is 1. The van der Waals surface area contributed by atoms with E-state index in [4.69, 9.17) is 14.9 Å². The standard InChI is InChI=1S/C12H19NO2/c1-9-4-7-12(15-9)11(13)6-5-10-3-2-8-14-10/h4,7,10-11H,2-3,5-6,8,13H2,1H3. The first kappa shape index (κ1) is 10.7. The Hall–Kier alpha value is -0.800. The smallest absolute Gasteiger partial charge is 0.120 e. The molecule has 15 heavy (non-hydrogen) atoms. The van der Waals surface area contributed by atoms with Gasteiger partial charge in [0.1, 0.15) is 11.5 Å². The fraction of sp³-hybridized carbons (Fsp3) is 0.667. The maximum Gasteiger partial charge on any atom is 0.120 e. The normalized spacial score (nSPS) is 23.2. The average Bonchev–Trinajstić information content (AvgIpc) is 2.84. The van der Waals surface area contributed by atoms with Gasteiger partial charge in [-0.15, -0.1) is 0 Å². The summed E-state index contributed by atoms with van der Waals surface area (Å²) in [5.74, 6) is 1.82.